The number of nitrogen functional groups attached to an aromatic ring is 1. The van der Waals surface area contributed by atoms with Gasteiger partial charge in [0.15, 0.2) is 0 Å². The van der Waals surface area contributed by atoms with Crippen molar-refractivity contribution in [3.63, 3.8) is 0 Å². The van der Waals surface area contributed by atoms with Crippen molar-refractivity contribution in [3.8, 4) is 0 Å². The lowest BCUT2D eigenvalue weighted by Gasteiger charge is -2.18. The number of benzene rings is 2. The molecule has 17 heavy (non-hydrogen) atoms. The van der Waals surface area contributed by atoms with Crippen molar-refractivity contribution >= 4 is 23.0 Å². The van der Waals surface area contributed by atoms with Gasteiger partial charge in [-0.2, -0.15) is 0 Å². The molecule has 0 saturated carbocycles. The van der Waals surface area contributed by atoms with Gasteiger partial charge in [0.2, 0.25) is 0 Å². The summed E-state index contributed by atoms with van der Waals surface area (Å²) in [6.07, 6.45) is 0. The van der Waals surface area contributed by atoms with Gasteiger partial charge in [-0.25, -0.2) is 0 Å². The summed E-state index contributed by atoms with van der Waals surface area (Å²) in [5.41, 5.74) is 10.3. The van der Waals surface area contributed by atoms with Crippen LogP contribution in [0.25, 0.3) is 0 Å². The van der Waals surface area contributed by atoms with E-state index in [1.165, 1.54) is 11.1 Å². The molecule has 1 aliphatic rings. The first-order valence-electron chi connectivity index (χ1n) is 5.61. The fourth-order valence-corrected chi connectivity index (χ4v) is 2.55. The number of hydrogen-bond donors (Lipinski definition) is 1. The molecule has 2 nitrogen and oxygen atoms in total. The average Bonchev–Trinajstić information content (AvgIpc) is 2.72. The molecule has 2 N–H and O–H groups in total. The third-order valence-electron chi connectivity index (χ3n) is 3.15. The molecule has 3 heteroatoms. The third-order valence-corrected chi connectivity index (χ3v) is 3.47. The number of halogens is 1. The Hall–Kier alpha value is -1.67. The number of nitrogens with two attached hydrogens (primary N) is 1. The van der Waals surface area contributed by atoms with E-state index in [9.17, 15) is 0 Å². The third kappa shape index (κ3) is 1.85. The predicted octanol–water partition coefficient (Wildman–Crippen LogP) is 3.44. The van der Waals surface area contributed by atoms with Crippen molar-refractivity contribution in [3.05, 3.63) is 58.6 Å². The monoisotopic (exact) mass is 244 g/mol. The fraction of sp³-hybridized carbons (Fsp3) is 0.143. The standard InChI is InChI=1S/C14H13ClN2/c15-13-3-1-2-4-14(13)17-8-10-5-6-12(16)7-11(10)9-17/h1-7H,8-9,16H2. The van der Waals surface area contributed by atoms with Gasteiger partial charge in [-0.1, -0.05) is 29.8 Å². The molecule has 3 rings (SSSR count). The van der Waals surface area contributed by atoms with Crippen LogP contribution in [-0.2, 0) is 13.1 Å². The van der Waals surface area contributed by atoms with Gasteiger partial charge < -0.3 is 10.6 Å². The number of anilines is 2. The Morgan fingerprint density at radius 3 is 2.59 bits per heavy atom. The summed E-state index contributed by atoms with van der Waals surface area (Å²) < 4.78 is 0. The molecule has 0 fully saturated rings. The highest BCUT2D eigenvalue weighted by molar-refractivity contribution is 6.33. The molecule has 1 heterocycles. The van der Waals surface area contributed by atoms with E-state index in [2.05, 4.69) is 17.0 Å². The normalized spacial score (nSPS) is 13.8. The van der Waals surface area contributed by atoms with Crippen LogP contribution in [0.5, 0.6) is 0 Å². The number of rotatable bonds is 1. The first-order valence-corrected chi connectivity index (χ1v) is 5.98. The minimum atomic E-state index is 0.799. The van der Waals surface area contributed by atoms with Crippen molar-refractivity contribution < 1.29 is 0 Å². The lowest BCUT2D eigenvalue weighted by molar-refractivity contribution is 0.881. The Morgan fingerprint density at radius 1 is 1.00 bits per heavy atom. The summed E-state index contributed by atoms with van der Waals surface area (Å²) in [7, 11) is 0. The molecule has 1 aliphatic heterocycles. The van der Waals surface area contributed by atoms with Crippen LogP contribution >= 0.6 is 11.6 Å². The maximum atomic E-state index is 6.21. The van der Waals surface area contributed by atoms with Crippen LogP contribution < -0.4 is 10.6 Å². The van der Waals surface area contributed by atoms with Crippen LogP contribution in [0.1, 0.15) is 11.1 Å². The molecule has 0 atom stereocenters. The number of fused-ring (bicyclic) bond motifs is 1. The van der Waals surface area contributed by atoms with Gasteiger partial charge >= 0.3 is 0 Å². The van der Waals surface area contributed by atoms with Gasteiger partial charge in [0, 0.05) is 18.8 Å². The first kappa shape index (κ1) is 10.5. The van der Waals surface area contributed by atoms with Crippen molar-refractivity contribution in [2.75, 3.05) is 10.6 Å². The highest BCUT2D eigenvalue weighted by atomic mass is 35.5. The number of hydrogen-bond acceptors (Lipinski definition) is 2. The second-order valence-electron chi connectivity index (χ2n) is 4.34. The van der Waals surface area contributed by atoms with Crippen molar-refractivity contribution in [1.82, 2.24) is 0 Å². The SMILES string of the molecule is Nc1ccc2c(c1)CN(c1ccccc1Cl)C2. The topological polar surface area (TPSA) is 29.3 Å². The smallest absolute Gasteiger partial charge is 0.0639 e. The van der Waals surface area contributed by atoms with E-state index in [1.54, 1.807) is 0 Å². The first-order chi connectivity index (χ1) is 8.24. The number of nitrogens with zero attached hydrogens (tertiary/aromatic N) is 1. The molecule has 0 amide bonds. The molecule has 2 aromatic rings. The van der Waals surface area contributed by atoms with Crippen LogP contribution in [0.2, 0.25) is 5.02 Å². The molecular formula is C14H13ClN2. The zero-order chi connectivity index (χ0) is 11.8. The Labute approximate surface area is 106 Å². The minimum absolute atomic E-state index is 0.799. The molecule has 0 spiro atoms. The van der Waals surface area contributed by atoms with Gasteiger partial charge in [0.25, 0.3) is 0 Å². The van der Waals surface area contributed by atoms with Gasteiger partial charge in [-0.05, 0) is 35.4 Å². The Bertz CT molecular complexity index is 566. The summed E-state index contributed by atoms with van der Waals surface area (Å²) in [4.78, 5) is 2.27. The summed E-state index contributed by atoms with van der Waals surface area (Å²) in [6.45, 7) is 1.78. The summed E-state index contributed by atoms with van der Waals surface area (Å²) in [6, 6.07) is 14.0. The van der Waals surface area contributed by atoms with Gasteiger partial charge in [0.1, 0.15) is 0 Å². The molecule has 0 saturated heterocycles. The fourth-order valence-electron chi connectivity index (χ4n) is 2.29. The molecule has 0 aromatic heterocycles. The zero-order valence-electron chi connectivity index (χ0n) is 9.36. The van der Waals surface area contributed by atoms with Gasteiger partial charge in [-0.3, -0.25) is 0 Å². The van der Waals surface area contributed by atoms with Crippen LogP contribution in [-0.4, -0.2) is 0 Å². The highest BCUT2D eigenvalue weighted by Gasteiger charge is 2.20. The van der Waals surface area contributed by atoms with E-state index in [-0.39, 0.29) is 0 Å². The molecule has 0 radical (unpaired) electrons. The summed E-state index contributed by atoms with van der Waals surface area (Å²) in [5.74, 6) is 0. The quantitative estimate of drug-likeness (QED) is 0.779. The lowest BCUT2D eigenvalue weighted by atomic mass is 10.1. The maximum Gasteiger partial charge on any atom is 0.0639 e. The maximum absolute atomic E-state index is 6.21. The second-order valence-corrected chi connectivity index (χ2v) is 4.74. The largest absolute Gasteiger partial charge is 0.399 e. The second kappa shape index (κ2) is 3.97. The van der Waals surface area contributed by atoms with Gasteiger partial charge in [0.05, 0.1) is 10.7 Å². The summed E-state index contributed by atoms with van der Waals surface area (Å²) >= 11 is 6.21. The zero-order valence-corrected chi connectivity index (χ0v) is 10.1. The van der Waals surface area contributed by atoms with E-state index in [0.717, 1.165) is 29.5 Å². The van der Waals surface area contributed by atoms with Crippen LogP contribution in [0, 0.1) is 0 Å². The van der Waals surface area contributed by atoms with Crippen LogP contribution in [0.15, 0.2) is 42.5 Å². The van der Waals surface area contributed by atoms with E-state index >= 15 is 0 Å². The van der Waals surface area contributed by atoms with Crippen molar-refractivity contribution in [2.45, 2.75) is 13.1 Å². The molecule has 0 unspecified atom stereocenters. The van der Waals surface area contributed by atoms with E-state index in [1.807, 2.05) is 30.3 Å². The van der Waals surface area contributed by atoms with E-state index in [4.69, 9.17) is 17.3 Å². The average molecular weight is 245 g/mol. The Kier molecular flexibility index (Phi) is 2.45. The summed E-state index contributed by atoms with van der Waals surface area (Å²) in [5, 5.41) is 0.799. The van der Waals surface area contributed by atoms with Crippen molar-refractivity contribution in [2.24, 2.45) is 0 Å². The van der Waals surface area contributed by atoms with Gasteiger partial charge in [-0.15, -0.1) is 0 Å². The van der Waals surface area contributed by atoms with Crippen molar-refractivity contribution in [1.29, 1.82) is 0 Å². The molecule has 86 valence electrons. The number of para-hydroxylation sites is 1. The highest BCUT2D eigenvalue weighted by Crippen LogP contribution is 2.33. The molecule has 0 aliphatic carbocycles. The van der Waals surface area contributed by atoms with Crippen LogP contribution in [0.4, 0.5) is 11.4 Å². The molecule has 0 bridgehead atoms. The predicted molar refractivity (Wildman–Crippen MR) is 72.2 cm³/mol. The molecular weight excluding hydrogens is 232 g/mol. The Balaban J connectivity index is 1.94. The lowest BCUT2D eigenvalue weighted by Crippen LogP contribution is -2.14. The van der Waals surface area contributed by atoms with E-state index < -0.39 is 0 Å². The molecule has 2 aromatic carbocycles. The van der Waals surface area contributed by atoms with E-state index in [0.29, 0.717) is 0 Å². The Morgan fingerprint density at radius 2 is 1.76 bits per heavy atom. The van der Waals surface area contributed by atoms with Crippen LogP contribution in [0.3, 0.4) is 0 Å². The minimum Gasteiger partial charge on any atom is -0.399 e.